The summed E-state index contributed by atoms with van der Waals surface area (Å²) in [5.41, 5.74) is 2.79. The fourth-order valence-electron chi connectivity index (χ4n) is 3.49. The summed E-state index contributed by atoms with van der Waals surface area (Å²) in [6, 6.07) is 12.8. The number of rotatable bonds is 10. The summed E-state index contributed by atoms with van der Waals surface area (Å²) in [4.78, 5) is 27.8. The number of ether oxygens (including phenoxy) is 1. The van der Waals surface area contributed by atoms with Gasteiger partial charge in [-0.1, -0.05) is 22.9 Å². The standard InChI is InChI=1S/C24H24ClN5O3S/c1-33-18-8-6-17(7-9-18)28-23(32)24-30-29-22(34-24)4-2-3-21(31)26-12-11-15-14-27-20-10-5-16(25)13-19(15)20/h5-10,13-14,27H,2-4,11-12H2,1H3,(H,26,31)(H,28,32). The number of fused-ring (bicyclic) bond motifs is 1. The number of aromatic nitrogens is 3. The molecule has 3 N–H and O–H groups in total. The van der Waals surface area contributed by atoms with Gasteiger partial charge in [0.15, 0.2) is 0 Å². The lowest BCUT2D eigenvalue weighted by Gasteiger charge is -2.04. The van der Waals surface area contributed by atoms with Gasteiger partial charge in [-0.05, 0) is 60.9 Å². The monoisotopic (exact) mass is 497 g/mol. The summed E-state index contributed by atoms with van der Waals surface area (Å²) in [6.45, 7) is 0.548. The smallest absolute Gasteiger partial charge is 0.286 e. The molecule has 2 heterocycles. The number of nitrogens with zero attached hydrogens (tertiary/aromatic N) is 2. The number of anilines is 1. The van der Waals surface area contributed by atoms with Gasteiger partial charge in [0.1, 0.15) is 10.8 Å². The van der Waals surface area contributed by atoms with Crippen molar-refractivity contribution in [3.05, 3.63) is 69.3 Å². The lowest BCUT2D eigenvalue weighted by Crippen LogP contribution is -2.25. The molecule has 0 radical (unpaired) electrons. The summed E-state index contributed by atoms with van der Waals surface area (Å²) < 4.78 is 5.11. The fourth-order valence-corrected chi connectivity index (χ4v) is 4.44. The van der Waals surface area contributed by atoms with E-state index in [0.717, 1.165) is 27.9 Å². The lowest BCUT2D eigenvalue weighted by molar-refractivity contribution is -0.121. The fraction of sp³-hybridized carbons (Fsp3) is 0.250. The molecule has 0 atom stereocenters. The van der Waals surface area contributed by atoms with E-state index in [2.05, 4.69) is 25.8 Å². The zero-order valence-electron chi connectivity index (χ0n) is 18.6. The van der Waals surface area contributed by atoms with Crippen molar-refractivity contribution in [2.45, 2.75) is 25.7 Å². The zero-order valence-corrected chi connectivity index (χ0v) is 20.1. The molecule has 0 bridgehead atoms. The molecule has 0 unspecified atom stereocenters. The first-order chi connectivity index (χ1) is 16.5. The van der Waals surface area contributed by atoms with E-state index in [1.165, 1.54) is 11.3 Å². The Hall–Kier alpha value is -3.43. The Morgan fingerprint density at radius 3 is 2.74 bits per heavy atom. The van der Waals surface area contributed by atoms with Gasteiger partial charge in [0.05, 0.1) is 7.11 Å². The van der Waals surface area contributed by atoms with Crippen molar-refractivity contribution in [1.82, 2.24) is 20.5 Å². The van der Waals surface area contributed by atoms with E-state index in [1.54, 1.807) is 31.4 Å². The van der Waals surface area contributed by atoms with E-state index in [4.69, 9.17) is 16.3 Å². The molecule has 0 aliphatic carbocycles. The Morgan fingerprint density at radius 1 is 1.12 bits per heavy atom. The molecule has 34 heavy (non-hydrogen) atoms. The summed E-state index contributed by atoms with van der Waals surface area (Å²) in [5.74, 6) is 0.383. The summed E-state index contributed by atoms with van der Waals surface area (Å²) in [7, 11) is 1.59. The van der Waals surface area contributed by atoms with Gasteiger partial charge in [0.25, 0.3) is 5.91 Å². The van der Waals surface area contributed by atoms with E-state index in [0.29, 0.717) is 42.3 Å². The number of carbonyl (C=O) groups is 2. The van der Waals surface area contributed by atoms with E-state index in [1.807, 2.05) is 24.4 Å². The van der Waals surface area contributed by atoms with Crippen LogP contribution in [0.15, 0.2) is 48.7 Å². The predicted octanol–water partition coefficient (Wildman–Crippen LogP) is 4.62. The van der Waals surface area contributed by atoms with Crippen LogP contribution in [0.1, 0.15) is 33.2 Å². The van der Waals surface area contributed by atoms with Crippen molar-refractivity contribution in [1.29, 1.82) is 0 Å². The summed E-state index contributed by atoms with van der Waals surface area (Å²) in [6.07, 6.45) is 4.26. The molecule has 176 valence electrons. The second-order valence-electron chi connectivity index (χ2n) is 7.64. The molecule has 4 aromatic rings. The van der Waals surface area contributed by atoms with Crippen molar-refractivity contribution in [2.24, 2.45) is 0 Å². The molecular weight excluding hydrogens is 474 g/mol. The normalized spacial score (nSPS) is 10.9. The predicted molar refractivity (Wildman–Crippen MR) is 134 cm³/mol. The van der Waals surface area contributed by atoms with Crippen molar-refractivity contribution in [3.63, 3.8) is 0 Å². The molecule has 0 spiro atoms. The SMILES string of the molecule is COc1ccc(NC(=O)c2nnc(CCCC(=O)NCCc3c[nH]c4ccc(Cl)cc34)s2)cc1. The first-order valence-electron chi connectivity index (χ1n) is 10.8. The van der Waals surface area contributed by atoms with E-state index < -0.39 is 0 Å². The van der Waals surface area contributed by atoms with Gasteiger partial charge in [-0.3, -0.25) is 9.59 Å². The Kier molecular flexibility index (Phi) is 7.76. The maximum Gasteiger partial charge on any atom is 0.286 e. The summed E-state index contributed by atoms with van der Waals surface area (Å²) in [5, 5.41) is 16.6. The maximum absolute atomic E-state index is 12.4. The number of halogens is 1. The number of nitrogens with one attached hydrogen (secondary N) is 3. The Balaban J connectivity index is 1.18. The lowest BCUT2D eigenvalue weighted by atomic mass is 10.1. The van der Waals surface area contributed by atoms with Crippen LogP contribution in [-0.2, 0) is 17.6 Å². The number of methoxy groups -OCH3 is 1. The zero-order chi connectivity index (χ0) is 23.9. The molecule has 0 saturated heterocycles. The maximum atomic E-state index is 12.4. The van der Waals surface area contributed by atoms with Gasteiger partial charge in [0, 0.05) is 47.2 Å². The number of carbonyl (C=O) groups excluding carboxylic acids is 2. The highest BCUT2D eigenvalue weighted by atomic mass is 35.5. The minimum Gasteiger partial charge on any atom is -0.497 e. The Morgan fingerprint density at radius 2 is 1.94 bits per heavy atom. The van der Waals surface area contributed by atoms with Gasteiger partial charge in [-0.25, -0.2) is 0 Å². The largest absolute Gasteiger partial charge is 0.497 e. The second-order valence-corrected chi connectivity index (χ2v) is 9.14. The molecule has 2 aromatic carbocycles. The summed E-state index contributed by atoms with van der Waals surface area (Å²) >= 11 is 7.32. The topological polar surface area (TPSA) is 109 Å². The van der Waals surface area contributed by atoms with Gasteiger partial charge in [-0.15, -0.1) is 10.2 Å². The first kappa shape index (κ1) is 23.7. The van der Waals surface area contributed by atoms with Crippen LogP contribution in [0.3, 0.4) is 0 Å². The van der Waals surface area contributed by atoms with Crippen LogP contribution in [0.4, 0.5) is 5.69 Å². The highest BCUT2D eigenvalue weighted by Crippen LogP contribution is 2.22. The third kappa shape index (κ3) is 6.12. The van der Waals surface area contributed by atoms with Crippen molar-refractivity contribution < 1.29 is 14.3 Å². The quantitative estimate of drug-likeness (QED) is 0.296. The average Bonchev–Trinajstić information content (AvgIpc) is 3.47. The third-order valence-corrected chi connectivity index (χ3v) is 6.47. The van der Waals surface area contributed by atoms with Gasteiger partial charge in [-0.2, -0.15) is 0 Å². The number of H-pyrrole nitrogens is 1. The van der Waals surface area contributed by atoms with Crippen LogP contribution in [0, 0.1) is 0 Å². The van der Waals surface area contributed by atoms with Gasteiger partial charge >= 0.3 is 0 Å². The minimum atomic E-state index is -0.315. The number of aromatic amines is 1. The van der Waals surface area contributed by atoms with Crippen LogP contribution in [-0.4, -0.2) is 40.7 Å². The second kappa shape index (κ2) is 11.1. The number of amides is 2. The Labute approximate surface area is 205 Å². The molecule has 4 rings (SSSR count). The van der Waals surface area contributed by atoms with Crippen molar-refractivity contribution in [2.75, 3.05) is 19.0 Å². The van der Waals surface area contributed by atoms with Crippen LogP contribution in [0.2, 0.25) is 5.02 Å². The molecule has 2 amide bonds. The highest BCUT2D eigenvalue weighted by molar-refractivity contribution is 7.13. The number of hydrogen-bond acceptors (Lipinski definition) is 6. The van der Waals surface area contributed by atoms with Crippen LogP contribution in [0.5, 0.6) is 5.75 Å². The van der Waals surface area contributed by atoms with Gasteiger partial charge < -0.3 is 20.4 Å². The molecule has 0 saturated carbocycles. The van der Waals surface area contributed by atoms with Gasteiger partial charge in [0.2, 0.25) is 10.9 Å². The average molecular weight is 498 g/mol. The number of hydrogen-bond donors (Lipinski definition) is 3. The minimum absolute atomic E-state index is 0.0140. The molecule has 0 aliphatic heterocycles. The van der Waals surface area contributed by atoms with Crippen molar-refractivity contribution in [3.8, 4) is 5.75 Å². The third-order valence-electron chi connectivity index (χ3n) is 5.25. The number of benzene rings is 2. The van der Waals surface area contributed by atoms with Crippen LogP contribution >= 0.6 is 22.9 Å². The Bertz CT molecular complexity index is 1290. The van der Waals surface area contributed by atoms with E-state index in [9.17, 15) is 9.59 Å². The molecule has 10 heteroatoms. The molecule has 0 fully saturated rings. The van der Waals surface area contributed by atoms with E-state index >= 15 is 0 Å². The first-order valence-corrected chi connectivity index (χ1v) is 12.0. The molecule has 8 nitrogen and oxygen atoms in total. The van der Waals surface area contributed by atoms with E-state index in [-0.39, 0.29) is 16.8 Å². The van der Waals surface area contributed by atoms with Crippen molar-refractivity contribution >= 4 is 51.3 Å². The molecule has 2 aromatic heterocycles. The van der Waals surface area contributed by atoms with Crippen LogP contribution < -0.4 is 15.4 Å². The molecular formula is C24H24ClN5O3S. The highest BCUT2D eigenvalue weighted by Gasteiger charge is 2.14. The molecule has 0 aliphatic rings. The van der Waals surface area contributed by atoms with Crippen LogP contribution in [0.25, 0.3) is 10.9 Å². The number of aryl methyl sites for hydroxylation is 1.